The summed E-state index contributed by atoms with van der Waals surface area (Å²) in [5, 5.41) is 4.04. The third-order valence-electron chi connectivity index (χ3n) is 2.98. The Balaban J connectivity index is 2.07. The molecule has 0 unspecified atom stereocenters. The van der Waals surface area contributed by atoms with Crippen molar-refractivity contribution in [3.8, 4) is 5.75 Å². The molecule has 0 spiro atoms. The Bertz CT molecular complexity index is 618. The maximum atomic E-state index is 11.5. The van der Waals surface area contributed by atoms with Crippen molar-refractivity contribution in [2.45, 2.75) is 13.3 Å². The number of Topliss-reactive ketones (excluding diaryl/α,β-unsaturated/α-hetero) is 1. The summed E-state index contributed by atoms with van der Waals surface area (Å²) in [6, 6.07) is 0. The fourth-order valence-electron chi connectivity index (χ4n) is 1.93. The molecule has 0 radical (unpaired) electrons. The molecule has 7 heteroatoms. The molecule has 0 aliphatic rings. The minimum atomic E-state index is -0.0528. The van der Waals surface area contributed by atoms with E-state index in [4.69, 9.17) is 10.5 Å². The van der Waals surface area contributed by atoms with E-state index < -0.39 is 0 Å². The maximum Gasteiger partial charge on any atom is 0.176 e. The number of nitrogens with one attached hydrogen (secondary N) is 1. The Hall–Kier alpha value is -2.02. The highest BCUT2D eigenvalue weighted by Gasteiger charge is 2.19. The predicted molar refractivity (Wildman–Crippen MR) is 80.7 cm³/mol. The first kappa shape index (κ1) is 14.4. The summed E-state index contributed by atoms with van der Waals surface area (Å²) in [6.07, 6.45) is 4.46. The van der Waals surface area contributed by atoms with Gasteiger partial charge in [0.25, 0.3) is 0 Å². The summed E-state index contributed by atoms with van der Waals surface area (Å²) in [5.74, 6) is 1.48. The number of hydrogen-bond donors (Lipinski definition) is 2. The normalized spacial score (nSPS) is 10.6. The molecule has 0 aliphatic carbocycles. The SMILES string of the molecule is COc1c(NCCc2nccn2C)sc(C(C)=O)c1N. The number of nitrogens with two attached hydrogens (primary N) is 1. The number of aromatic nitrogens is 2. The monoisotopic (exact) mass is 294 g/mol. The molecule has 20 heavy (non-hydrogen) atoms. The summed E-state index contributed by atoms with van der Waals surface area (Å²) in [5.41, 5.74) is 6.32. The summed E-state index contributed by atoms with van der Waals surface area (Å²) in [7, 11) is 3.51. The van der Waals surface area contributed by atoms with Gasteiger partial charge >= 0.3 is 0 Å². The first-order valence-corrected chi connectivity index (χ1v) is 7.03. The molecule has 6 nitrogen and oxygen atoms in total. The van der Waals surface area contributed by atoms with Gasteiger partial charge in [-0.05, 0) is 0 Å². The lowest BCUT2D eigenvalue weighted by Crippen LogP contribution is -2.08. The Morgan fingerprint density at radius 2 is 2.35 bits per heavy atom. The number of thiophene rings is 1. The number of rotatable bonds is 6. The van der Waals surface area contributed by atoms with Gasteiger partial charge < -0.3 is 20.4 Å². The molecule has 2 rings (SSSR count). The number of ether oxygens (including phenoxy) is 1. The van der Waals surface area contributed by atoms with Gasteiger partial charge in [-0.3, -0.25) is 4.79 Å². The molecule has 0 atom stereocenters. The van der Waals surface area contributed by atoms with Crippen molar-refractivity contribution >= 4 is 27.8 Å². The first-order valence-electron chi connectivity index (χ1n) is 6.21. The Morgan fingerprint density at radius 1 is 1.60 bits per heavy atom. The number of carbonyl (C=O) groups excluding carboxylic acids is 1. The number of carbonyl (C=O) groups is 1. The second kappa shape index (κ2) is 5.96. The molecule has 3 N–H and O–H groups in total. The highest BCUT2D eigenvalue weighted by molar-refractivity contribution is 7.19. The smallest absolute Gasteiger partial charge is 0.176 e. The Morgan fingerprint density at radius 3 is 2.90 bits per heavy atom. The van der Waals surface area contributed by atoms with E-state index in [-0.39, 0.29) is 5.78 Å². The van der Waals surface area contributed by atoms with Gasteiger partial charge in [0.1, 0.15) is 10.8 Å². The fraction of sp³-hybridized carbons (Fsp3) is 0.385. The third-order valence-corrected chi connectivity index (χ3v) is 4.22. The van der Waals surface area contributed by atoms with Gasteiger partial charge in [0.2, 0.25) is 0 Å². The zero-order chi connectivity index (χ0) is 14.7. The highest BCUT2D eigenvalue weighted by atomic mass is 32.1. The Kier molecular flexibility index (Phi) is 4.29. The average molecular weight is 294 g/mol. The number of hydrogen-bond acceptors (Lipinski definition) is 6. The van der Waals surface area contributed by atoms with Crippen LogP contribution in [0.3, 0.4) is 0 Å². The summed E-state index contributed by atoms with van der Waals surface area (Å²) >= 11 is 1.32. The van der Waals surface area contributed by atoms with Crippen LogP contribution >= 0.6 is 11.3 Å². The van der Waals surface area contributed by atoms with Crippen molar-refractivity contribution in [3.05, 3.63) is 23.1 Å². The van der Waals surface area contributed by atoms with E-state index in [1.165, 1.54) is 18.3 Å². The molecular weight excluding hydrogens is 276 g/mol. The van der Waals surface area contributed by atoms with Gasteiger partial charge in [-0.1, -0.05) is 0 Å². The quantitative estimate of drug-likeness (QED) is 0.796. The van der Waals surface area contributed by atoms with Crippen LogP contribution in [0.5, 0.6) is 5.75 Å². The van der Waals surface area contributed by atoms with E-state index in [1.807, 2.05) is 17.8 Å². The van der Waals surface area contributed by atoms with E-state index in [0.29, 0.717) is 22.9 Å². The van der Waals surface area contributed by atoms with E-state index >= 15 is 0 Å². The van der Waals surface area contributed by atoms with Crippen LogP contribution in [-0.4, -0.2) is 29.0 Å². The number of imidazole rings is 1. The molecule has 2 aromatic rings. The van der Waals surface area contributed by atoms with Gasteiger partial charge in [-0.2, -0.15) is 0 Å². The zero-order valence-corrected chi connectivity index (χ0v) is 12.6. The zero-order valence-electron chi connectivity index (χ0n) is 11.8. The lowest BCUT2D eigenvalue weighted by atomic mass is 10.3. The number of ketones is 1. The van der Waals surface area contributed by atoms with Crippen molar-refractivity contribution in [3.63, 3.8) is 0 Å². The number of methoxy groups -OCH3 is 1. The number of aryl methyl sites for hydroxylation is 1. The lowest BCUT2D eigenvalue weighted by molar-refractivity contribution is 0.102. The van der Waals surface area contributed by atoms with Crippen LogP contribution in [0, 0.1) is 0 Å². The van der Waals surface area contributed by atoms with Crippen LogP contribution in [0.1, 0.15) is 22.4 Å². The molecular formula is C13H18N4O2S. The van der Waals surface area contributed by atoms with E-state index in [1.54, 1.807) is 13.3 Å². The minimum Gasteiger partial charge on any atom is -0.492 e. The van der Waals surface area contributed by atoms with Gasteiger partial charge in [-0.15, -0.1) is 11.3 Å². The van der Waals surface area contributed by atoms with Crippen molar-refractivity contribution in [1.29, 1.82) is 0 Å². The van der Waals surface area contributed by atoms with Crippen molar-refractivity contribution in [2.75, 3.05) is 24.7 Å². The first-order chi connectivity index (χ1) is 9.54. The molecule has 0 aliphatic heterocycles. The topological polar surface area (TPSA) is 82.2 Å². The van der Waals surface area contributed by atoms with Gasteiger partial charge in [-0.25, -0.2) is 4.98 Å². The van der Waals surface area contributed by atoms with Gasteiger partial charge in [0.05, 0.1) is 17.7 Å². The highest BCUT2D eigenvalue weighted by Crippen LogP contribution is 2.42. The number of nitrogen functional groups attached to an aromatic ring is 1. The van der Waals surface area contributed by atoms with Crippen LogP contribution < -0.4 is 15.8 Å². The number of anilines is 2. The van der Waals surface area contributed by atoms with Crippen molar-refractivity contribution in [1.82, 2.24) is 9.55 Å². The van der Waals surface area contributed by atoms with Crippen LogP contribution in [0.2, 0.25) is 0 Å². The fourth-order valence-corrected chi connectivity index (χ4v) is 2.95. The minimum absolute atomic E-state index is 0.0528. The van der Waals surface area contributed by atoms with Crippen LogP contribution in [0.4, 0.5) is 10.7 Å². The third kappa shape index (κ3) is 2.77. The van der Waals surface area contributed by atoms with E-state index in [2.05, 4.69) is 10.3 Å². The van der Waals surface area contributed by atoms with Crippen LogP contribution in [-0.2, 0) is 13.5 Å². The van der Waals surface area contributed by atoms with Crippen molar-refractivity contribution < 1.29 is 9.53 Å². The average Bonchev–Trinajstić information content (AvgIpc) is 2.94. The van der Waals surface area contributed by atoms with Gasteiger partial charge in [0, 0.05) is 39.3 Å². The molecule has 2 heterocycles. The largest absolute Gasteiger partial charge is 0.492 e. The standard InChI is InChI=1S/C13H18N4O2S/c1-8(18)12-10(14)11(19-3)13(20-12)16-5-4-9-15-6-7-17(9)2/h6-7,16H,4-5,14H2,1-3H3. The number of nitrogens with zero attached hydrogens (tertiary/aromatic N) is 2. The molecule has 108 valence electrons. The van der Waals surface area contributed by atoms with E-state index in [0.717, 1.165) is 17.2 Å². The van der Waals surface area contributed by atoms with E-state index in [9.17, 15) is 4.79 Å². The molecule has 0 saturated heterocycles. The van der Waals surface area contributed by atoms with Gasteiger partial charge in [0.15, 0.2) is 11.5 Å². The summed E-state index contributed by atoms with van der Waals surface area (Å²) in [4.78, 5) is 16.3. The molecule has 0 amide bonds. The van der Waals surface area contributed by atoms with Crippen LogP contribution in [0.25, 0.3) is 0 Å². The molecule has 0 bridgehead atoms. The Labute approximate surface area is 121 Å². The molecule has 0 saturated carbocycles. The summed E-state index contributed by atoms with van der Waals surface area (Å²) < 4.78 is 7.24. The molecule has 2 aromatic heterocycles. The van der Waals surface area contributed by atoms with Crippen LogP contribution in [0.15, 0.2) is 12.4 Å². The second-order valence-electron chi connectivity index (χ2n) is 4.39. The molecule has 0 aromatic carbocycles. The lowest BCUT2D eigenvalue weighted by Gasteiger charge is -2.07. The summed E-state index contributed by atoms with van der Waals surface area (Å²) in [6.45, 7) is 2.19. The predicted octanol–water partition coefficient (Wildman–Crippen LogP) is 1.93. The second-order valence-corrected chi connectivity index (χ2v) is 5.42. The van der Waals surface area contributed by atoms with Crippen molar-refractivity contribution in [2.24, 2.45) is 7.05 Å². The molecule has 0 fully saturated rings. The maximum absolute atomic E-state index is 11.5.